The molecule has 1 aromatic rings. The Morgan fingerprint density at radius 1 is 1.32 bits per heavy atom. The molecule has 3 heterocycles. The summed E-state index contributed by atoms with van der Waals surface area (Å²) in [4.78, 5) is 11.3. The van der Waals surface area contributed by atoms with Gasteiger partial charge >= 0.3 is 12.1 Å². The van der Waals surface area contributed by atoms with Gasteiger partial charge in [0, 0.05) is 31.7 Å². The zero-order valence-corrected chi connectivity index (χ0v) is 15.1. The maximum absolute atomic E-state index is 11.7. The molecule has 2 saturated heterocycles. The second-order valence-electron chi connectivity index (χ2n) is 5.99. The summed E-state index contributed by atoms with van der Waals surface area (Å²) < 4.78 is 56.9. The molecule has 0 unspecified atom stereocenters. The van der Waals surface area contributed by atoms with Gasteiger partial charge in [0.1, 0.15) is 0 Å². The van der Waals surface area contributed by atoms with Crippen LogP contribution in [0.4, 0.5) is 13.2 Å². The Kier molecular flexibility index (Phi) is 6.13. The van der Waals surface area contributed by atoms with Crippen LogP contribution in [0, 0.1) is 0 Å². The van der Waals surface area contributed by atoms with E-state index < -0.39 is 22.2 Å². The molecule has 2 aliphatic rings. The number of halogens is 3. The fourth-order valence-electron chi connectivity index (χ4n) is 3.26. The lowest BCUT2D eigenvalue weighted by Crippen LogP contribution is -2.38. The largest absolute Gasteiger partial charge is 0.490 e. The molecule has 0 saturated carbocycles. The summed E-state index contributed by atoms with van der Waals surface area (Å²) in [5.41, 5.74) is 1.35. The number of carbonyl (C=O) groups is 1. The van der Waals surface area contributed by atoms with Gasteiger partial charge in [0.2, 0.25) is 10.0 Å². The van der Waals surface area contributed by atoms with E-state index in [1.165, 1.54) is 11.8 Å². The molecule has 2 atom stereocenters. The highest BCUT2D eigenvalue weighted by Crippen LogP contribution is 2.34. The molecule has 2 fully saturated rings. The van der Waals surface area contributed by atoms with Crippen LogP contribution < -0.4 is 0 Å². The number of nitrogens with zero attached hydrogens (tertiary/aromatic N) is 2. The summed E-state index contributed by atoms with van der Waals surface area (Å²) in [6, 6.07) is 2.78. The van der Waals surface area contributed by atoms with Gasteiger partial charge in [0.15, 0.2) is 0 Å². The SMILES string of the molecule is CS(=O)(=O)N1CC[C@@H]2[C@@H]1CCN2Cc1ccsc1.O=C(O)C(F)(F)F. The van der Waals surface area contributed by atoms with Gasteiger partial charge in [0.25, 0.3) is 0 Å². The van der Waals surface area contributed by atoms with Crippen LogP contribution in [0.5, 0.6) is 0 Å². The normalized spacial score (nSPS) is 24.6. The molecule has 11 heteroatoms. The average molecular weight is 400 g/mol. The van der Waals surface area contributed by atoms with E-state index in [0.717, 1.165) is 25.9 Å². The molecule has 25 heavy (non-hydrogen) atoms. The molecule has 3 rings (SSSR count). The molecule has 0 bridgehead atoms. The maximum Gasteiger partial charge on any atom is 0.490 e. The van der Waals surface area contributed by atoms with Crippen LogP contribution in [-0.4, -0.2) is 66.3 Å². The van der Waals surface area contributed by atoms with Crippen molar-refractivity contribution in [3.63, 3.8) is 0 Å². The minimum Gasteiger partial charge on any atom is -0.475 e. The standard InChI is InChI=1S/C12H18N2O2S2.C2HF3O2/c1-18(15,16)14-6-3-11-12(14)2-5-13(11)8-10-4-7-17-9-10;3-2(4,5)1(6)7/h4,7,9,11-12H,2-3,5-6,8H2,1H3;(H,6,7)/t11-,12+;/m1./s1. The van der Waals surface area contributed by atoms with E-state index in [1.807, 2.05) is 0 Å². The first-order chi connectivity index (χ1) is 11.5. The topological polar surface area (TPSA) is 77.9 Å². The first-order valence-electron chi connectivity index (χ1n) is 7.52. The molecule has 1 aromatic heterocycles. The van der Waals surface area contributed by atoms with Gasteiger partial charge in [-0.05, 0) is 35.2 Å². The molecule has 6 nitrogen and oxygen atoms in total. The lowest BCUT2D eigenvalue weighted by atomic mass is 10.1. The van der Waals surface area contributed by atoms with Crippen molar-refractivity contribution in [1.82, 2.24) is 9.21 Å². The molecular formula is C14H19F3N2O4S2. The number of aliphatic carboxylic acids is 1. The summed E-state index contributed by atoms with van der Waals surface area (Å²) >= 11 is 1.72. The van der Waals surface area contributed by atoms with Crippen molar-refractivity contribution in [2.45, 2.75) is 37.6 Å². The third-order valence-electron chi connectivity index (χ3n) is 4.27. The van der Waals surface area contributed by atoms with E-state index in [-0.39, 0.29) is 6.04 Å². The molecule has 0 spiro atoms. The van der Waals surface area contributed by atoms with Crippen molar-refractivity contribution in [3.8, 4) is 0 Å². The highest BCUT2D eigenvalue weighted by atomic mass is 32.2. The van der Waals surface area contributed by atoms with Gasteiger partial charge in [-0.1, -0.05) is 0 Å². The first kappa shape index (κ1) is 20.1. The number of likely N-dealkylation sites (tertiary alicyclic amines) is 1. The monoisotopic (exact) mass is 400 g/mol. The summed E-state index contributed by atoms with van der Waals surface area (Å²) in [6.45, 7) is 2.66. The Labute approximate surface area is 147 Å². The molecule has 1 N–H and O–H groups in total. The number of hydrogen-bond acceptors (Lipinski definition) is 5. The highest BCUT2D eigenvalue weighted by molar-refractivity contribution is 7.88. The van der Waals surface area contributed by atoms with E-state index >= 15 is 0 Å². The van der Waals surface area contributed by atoms with E-state index in [4.69, 9.17) is 9.90 Å². The summed E-state index contributed by atoms with van der Waals surface area (Å²) in [5.74, 6) is -2.76. The van der Waals surface area contributed by atoms with Crippen molar-refractivity contribution < 1.29 is 31.5 Å². The van der Waals surface area contributed by atoms with Crippen molar-refractivity contribution in [3.05, 3.63) is 22.4 Å². The minimum absolute atomic E-state index is 0.207. The number of fused-ring (bicyclic) bond motifs is 1. The van der Waals surface area contributed by atoms with Crippen LogP contribution in [-0.2, 0) is 21.4 Å². The van der Waals surface area contributed by atoms with E-state index in [2.05, 4.69) is 21.7 Å². The summed E-state index contributed by atoms with van der Waals surface area (Å²) in [5, 5.41) is 11.4. The van der Waals surface area contributed by atoms with Crippen LogP contribution >= 0.6 is 11.3 Å². The number of thiophene rings is 1. The van der Waals surface area contributed by atoms with Gasteiger partial charge in [-0.2, -0.15) is 28.8 Å². The molecule has 0 radical (unpaired) electrons. The Balaban J connectivity index is 0.000000277. The van der Waals surface area contributed by atoms with Crippen LogP contribution in [0.2, 0.25) is 0 Å². The van der Waals surface area contributed by atoms with E-state index in [9.17, 15) is 21.6 Å². The summed E-state index contributed by atoms with van der Waals surface area (Å²) in [6.07, 6.45) is -1.80. The van der Waals surface area contributed by atoms with Crippen molar-refractivity contribution in [2.24, 2.45) is 0 Å². The second-order valence-corrected chi connectivity index (χ2v) is 8.71. The molecule has 0 aromatic carbocycles. The number of alkyl halides is 3. The Hall–Kier alpha value is -1.17. The summed E-state index contributed by atoms with van der Waals surface area (Å²) in [7, 11) is -3.03. The molecule has 2 aliphatic heterocycles. The molecule has 142 valence electrons. The number of hydrogen-bond donors (Lipinski definition) is 1. The Bertz CT molecular complexity index is 691. The van der Waals surface area contributed by atoms with Crippen LogP contribution in [0.15, 0.2) is 16.8 Å². The Morgan fingerprint density at radius 3 is 2.40 bits per heavy atom. The zero-order chi connectivity index (χ0) is 18.8. The van der Waals surface area contributed by atoms with Gasteiger partial charge in [-0.25, -0.2) is 13.2 Å². The van der Waals surface area contributed by atoms with Gasteiger partial charge in [-0.15, -0.1) is 0 Å². The van der Waals surface area contributed by atoms with Crippen molar-refractivity contribution >= 4 is 27.3 Å². The minimum atomic E-state index is -5.08. The molecule has 0 amide bonds. The molecule has 0 aliphatic carbocycles. The number of carboxylic acid groups (broad SMARTS) is 1. The number of rotatable bonds is 3. The third-order valence-corrected chi connectivity index (χ3v) is 6.31. The van der Waals surface area contributed by atoms with Gasteiger partial charge in [-0.3, -0.25) is 4.90 Å². The van der Waals surface area contributed by atoms with Crippen LogP contribution in [0.25, 0.3) is 0 Å². The van der Waals surface area contributed by atoms with Gasteiger partial charge < -0.3 is 5.11 Å². The number of sulfonamides is 1. The molecular weight excluding hydrogens is 381 g/mol. The third kappa shape index (κ3) is 5.16. The highest BCUT2D eigenvalue weighted by Gasteiger charge is 2.45. The van der Waals surface area contributed by atoms with E-state index in [0.29, 0.717) is 12.6 Å². The fourth-order valence-corrected chi connectivity index (χ4v) is 5.10. The number of carboxylic acids is 1. The predicted octanol–water partition coefficient (Wildman–Crippen LogP) is 1.99. The fraction of sp³-hybridized carbons (Fsp3) is 0.643. The lowest BCUT2D eigenvalue weighted by molar-refractivity contribution is -0.192. The average Bonchev–Trinajstić information content (AvgIpc) is 3.16. The lowest BCUT2D eigenvalue weighted by Gasteiger charge is -2.24. The van der Waals surface area contributed by atoms with Crippen molar-refractivity contribution in [2.75, 3.05) is 19.3 Å². The van der Waals surface area contributed by atoms with E-state index in [1.54, 1.807) is 15.6 Å². The van der Waals surface area contributed by atoms with Crippen LogP contribution in [0.1, 0.15) is 18.4 Å². The van der Waals surface area contributed by atoms with Crippen molar-refractivity contribution in [1.29, 1.82) is 0 Å². The maximum atomic E-state index is 11.7. The predicted molar refractivity (Wildman–Crippen MR) is 86.8 cm³/mol. The smallest absolute Gasteiger partial charge is 0.475 e. The first-order valence-corrected chi connectivity index (χ1v) is 10.3. The second kappa shape index (κ2) is 7.60. The zero-order valence-electron chi connectivity index (χ0n) is 13.4. The quantitative estimate of drug-likeness (QED) is 0.840. The van der Waals surface area contributed by atoms with Gasteiger partial charge in [0.05, 0.1) is 6.26 Å². The Morgan fingerprint density at radius 2 is 1.92 bits per heavy atom. The van der Waals surface area contributed by atoms with Crippen LogP contribution in [0.3, 0.4) is 0 Å².